The molecule has 4 nitrogen and oxygen atoms in total. The zero-order valence-corrected chi connectivity index (χ0v) is 10.2. The molecule has 0 aliphatic rings. The number of nitrogens with one attached hydrogen (secondary N) is 1. The fourth-order valence-electron chi connectivity index (χ4n) is 0.505. The van der Waals surface area contributed by atoms with Crippen molar-refractivity contribution in [2.24, 2.45) is 0 Å². The summed E-state index contributed by atoms with van der Waals surface area (Å²) in [5.41, 5.74) is -0.648. The van der Waals surface area contributed by atoms with Crippen molar-refractivity contribution in [3.05, 3.63) is 0 Å². The highest BCUT2D eigenvalue weighted by Gasteiger charge is 2.30. The first kappa shape index (κ1) is 13.2. The van der Waals surface area contributed by atoms with Crippen molar-refractivity contribution < 1.29 is 8.42 Å². The third kappa shape index (κ3) is 3.81. The van der Waals surface area contributed by atoms with Gasteiger partial charge in [-0.3, -0.25) is 0 Å². The van der Waals surface area contributed by atoms with Crippen molar-refractivity contribution in [1.29, 1.82) is 0 Å². The summed E-state index contributed by atoms with van der Waals surface area (Å²) < 4.78 is 26.4. The SMILES string of the molecule is CC(Cl)C(C)(C)NS(=O)(=O)N(C)C. The Labute approximate surface area is 85.4 Å². The Bertz CT molecular complexity index is 260. The Morgan fingerprint density at radius 1 is 1.38 bits per heavy atom. The van der Waals surface area contributed by atoms with Gasteiger partial charge in [0.2, 0.25) is 0 Å². The molecule has 0 heterocycles. The maximum absolute atomic E-state index is 11.4. The summed E-state index contributed by atoms with van der Waals surface area (Å²) in [7, 11) is -0.463. The molecule has 0 rings (SSSR count). The molecule has 1 unspecified atom stereocenters. The first-order valence-electron chi connectivity index (χ1n) is 3.95. The Morgan fingerprint density at radius 3 is 2.00 bits per heavy atom. The van der Waals surface area contributed by atoms with E-state index >= 15 is 0 Å². The molecule has 0 aromatic rings. The van der Waals surface area contributed by atoms with E-state index in [-0.39, 0.29) is 5.38 Å². The van der Waals surface area contributed by atoms with Crippen LogP contribution in [-0.2, 0) is 10.2 Å². The van der Waals surface area contributed by atoms with Gasteiger partial charge in [-0.25, -0.2) is 0 Å². The largest absolute Gasteiger partial charge is 0.279 e. The lowest BCUT2D eigenvalue weighted by Crippen LogP contribution is -2.52. The molecule has 0 fully saturated rings. The van der Waals surface area contributed by atoms with Crippen LogP contribution in [0.15, 0.2) is 0 Å². The Morgan fingerprint density at radius 2 is 1.77 bits per heavy atom. The van der Waals surface area contributed by atoms with Gasteiger partial charge in [-0.2, -0.15) is 17.4 Å². The van der Waals surface area contributed by atoms with Gasteiger partial charge in [-0.05, 0) is 20.8 Å². The van der Waals surface area contributed by atoms with Gasteiger partial charge in [0.25, 0.3) is 10.2 Å². The van der Waals surface area contributed by atoms with Gasteiger partial charge in [-0.15, -0.1) is 11.6 Å². The van der Waals surface area contributed by atoms with Gasteiger partial charge in [0.15, 0.2) is 0 Å². The highest BCUT2D eigenvalue weighted by molar-refractivity contribution is 7.87. The maximum Gasteiger partial charge on any atom is 0.279 e. The lowest BCUT2D eigenvalue weighted by atomic mass is 10.0. The Kier molecular flexibility index (Phi) is 4.18. The van der Waals surface area contributed by atoms with Crippen molar-refractivity contribution in [3.63, 3.8) is 0 Å². The van der Waals surface area contributed by atoms with E-state index in [0.29, 0.717) is 0 Å². The van der Waals surface area contributed by atoms with Gasteiger partial charge < -0.3 is 0 Å². The summed E-state index contributed by atoms with van der Waals surface area (Å²) in [5.74, 6) is 0. The predicted octanol–water partition coefficient (Wildman–Crippen LogP) is 0.788. The van der Waals surface area contributed by atoms with Crippen LogP contribution in [0.2, 0.25) is 0 Å². The predicted molar refractivity (Wildman–Crippen MR) is 55.1 cm³/mol. The van der Waals surface area contributed by atoms with Crippen LogP contribution in [0.25, 0.3) is 0 Å². The van der Waals surface area contributed by atoms with E-state index in [1.54, 1.807) is 20.8 Å². The molecule has 0 saturated heterocycles. The first-order chi connectivity index (χ1) is 5.59. The monoisotopic (exact) mass is 228 g/mol. The van der Waals surface area contributed by atoms with Crippen LogP contribution in [0.3, 0.4) is 0 Å². The van der Waals surface area contributed by atoms with Crippen molar-refractivity contribution in [2.45, 2.75) is 31.7 Å². The van der Waals surface area contributed by atoms with Gasteiger partial charge in [0.1, 0.15) is 0 Å². The van der Waals surface area contributed by atoms with Crippen LogP contribution in [0, 0.1) is 0 Å². The smallest absolute Gasteiger partial charge is 0.195 e. The third-order valence-corrected chi connectivity index (χ3v) is 4.16. The molecule has 13 heavy (non-hydrogen) atoms. The maximum atomic E-state index is 11.4. The molecule has 0 amide bonds. The number of halogens is 1. The normalized spacial score (nSPS) is 16.2. The fraction of sp³-hybridized carbons (Fsp3) is 1.00. The van der Waals surface area contributed by atoms with E-state index in [1.165, 1.54) is 14.1 Å². The van der Waals surface area contributed by atoms with Gasteiger partial charge in [0, 0.05) is 25.0 Å². The van der Waals surface area contributed by atoms with Gasteiger partial charge in [0.05, 0.1) is 0 Å². The third-order valence-electron chi connectivity index (χ3n) is 1.87. The second-order valence-corrected chi connectivity index (χ2v) is 6.27. The van der Waals surface area contributed by atoms with Crippen LogP contribution < -0.4 is 4.72 Å². The zero-order chi connectivity index (χ0) is 10.9. The summed E-state index contributed by atoms with van der Waals surface area (Å²) in [5, 5.41) is -0.276. The average molecular weight is 229 g/mol. The second-order valence-electron chi connectivity index (χ2n) is 3.73. The minimum absolute atomic E-state index is 0.276. The lowest BCUT2D eigenvalue weighted by molar-refractivity contribution is 0.420. The minimum atomic E-state index is -3.40. The van der Waals surface area contributed by atoms with Crippen molar-refractivity contribution in [3.8, 4) is 0 Å². The zero-order valence-electron chi connectivity index (χ0n) is 8.63. The summed E-state index contributed by atoms with van der Waals surface area (Å²) in [6.07, 6.45) is 0. The molecule has 6 heteroatoms. The van der Waals surface area contributed by atoms with Crippen molar-refractivity contribution in [2.75, 3.05) is 14.1 Å². The highest BCUT2D eigenvalue weighted by Crippen LogP contribution is 2.16. The Balaban J connectivity index is 4.63. The molecule has 0 spiro atoms. The van der Waals surface area contributed by atoms with E-state index in [1.807, 2.05) is 0 Å². The molecule has 0 aliphatic heterocycles. The van der Waals surface area contributed by atoms with Crippen LogP contribution in [-0.4, -0.2) is 37.7 Å². The lowest BCUT2D eigenvalue weighted by Gasteiger charge is -2.29. The summed E-state index contributed by atoms with van der Waals surface area (Å²) in [4.78, 5) is 0. The topological polar surface area (TPSA) is 49.4 Å². The number of hydrogen-bond donors (Lipinski definition) is 1. The average Bonchev–Trinajstić information content (AvgIpc) is 1.83. The molecular formula is C7H17ClN2O2S. The highest BCUT2D eigenvalue weighted by atomic mass is 35.5. The van der Waals surface area contributed by atoms with Crippen LogP contribution in [0.5, 0.6) is 0 Å². The molecule has 0 saturated carbocycles. The van der Waals surface area contributed by atoms with E-state index in [2.05, 4.69) is 4.72 Å². The quantitative estimate of drug-likeness (QED) is 0.724. The molecule has 1 N–H and O–H groups in total. The van der Waals surface area contributed by atoms with Crippen LogP contribution >= 0.6 is 11.6 Å². The molecule has 0 bridgehead atoms. The first-order valence-corrected chi connectivity index (χ1v) is 5.83. The van der Waals surface area contributed by atoms with E-state index < -0.39 is 15.7 Å². The van der Waals surface area contributed by atoms with Crippen molar-refractivity contribution >= 4 is 21.8 Å². The molecule has 0 aromatic heterocycles. The molecule has 0 radical (unpaired) electrons. The molecule has 80 valence electrons. The number of nitrogens with zero attached hydrogens (tertiary/aromatic N) is 1. The summed E-state index contributed by atoms with van der Waals surface area (Å²) in [6.45, 7) is 5.23. The molecule has 0 aliphatic carbocycles. The standard InChI is InChI=1S/C7H17ClN2O2S/c1-6(8)7(2,3)9-13(11,12)10(4)5/h6,9H,1-5H3. The van der Waals surface area contributed by atoms with Crippen molar-refractivity contribution in [1.82, 2.24) is 9.03 Å². The minimum Gasteiger partial charge on any atom is -0.195 e. The molecule has 0 aromatic carbocycles. The van der Waals surface area contributed by atoms with Gasteiger partial charge in [-0.1, -0.05) is 0 Å². The number of hydrogen-bond acceptors (Lipinski definition) is 2. The van der Waals surface area contributed by atoms with Crippen LogP contribution in [0.4, 0.5) is 0 Å². The molecule has 1 atom stereocenters. The molecular weight excluding hydrogens is 212 g/mol. The van der Waals surface area contributed by atoms with E-state index in [0.717, 1.165) is 4.31 Å². The Hall–Kier alpha value is 0.160. The van der Waals surface area contributed by atoms with E-state index in [4.69, 9.17) is 11.6 Å². The fourth-order valence-corrected chi connectivity index (χ4v) is 1.65. The number of alkyl halides is 1. The number of rotatable bonds is 4. The van der Waals surface area contributed by atoms with E-state index in [9.17, 15) is 8.42 Å². The van der Waals surface area contributed by atoms with Crippen LogP contribution in [0.1, 0.15) is 20.8 Å². The van der Waals surface area contributed by atoms with Gasteiger partial charge >= 0.3 is 0 Å². The summed E-state index contributed by atoms with van der Waals surface area (Å²) >= 11 is 5.83. The second kappa shape index (κ2) is 4.13. The summed E-state index contributed by atoms with van der Waals surface area (Å²) in [6, 6.07) is 0.